The van der Waals surface area contributed by atoms with E-state index in [2.05, 4.69) is 20.8 Å². The van der Waals surface area contributed by atoms with Gasteiger partial charge in [0.15, 0.2) is 0 Å². The minimum atomic E-state index is 0.0618. The Morgan fingerprint density at radius 1 is 1.53 bits per heavy atom. The lowest BCUT2D eigenvalue weighted by molar-refractivity contribution is -0.138. The Morgan fingerprint density at radius 2 is 2.13 bits per heavy atom. The summed E-state index contributed by atoms with van der Waals surface area (Å²) >= 11 is 0. The van der Waals surface area contributed by atoms with Gasteiger partial charge < -0.3 is 10.6 Å². The third kappa shape index (κ3) is 3.20. The van der Waals surface area contributed by atoms with Gasteiger partial charge in [-0.05, 0) is 18.3 Å². The van der Waals surface area contributed by atoms with Gasteiger partial charge in [-0.1, -0.05) is 27.7 Å². The molecule has 2 atom stereocenters. The number of piperidine rings is 1. The third-order valence-electron chi connectivity index (χ3n) is 3.33. The van der Waals surface area contributed by atoms with Gasteiger partial charge in [0.25, 0.3) is 0 Å². The molecular formula is C12H24N2O. The number of hydrogen-bond donors (Lipinski definition) is 1. The highest BCUT2D eigenvalue weighted by Gasteiger charge is 2.29. The molecule has 1 saturated heterocycles. The van der Waals surface area contributed by atoms with Crippen molar-refractivity contribution in [1.82, 2.24) is 4.90 Å². The molecule has 3 nitrogen and oxygen atoms in total. The van der Waals surface area contributed by atoms with Gasteiger partial charge in [0.2, 0.25) is 5.91 Å². The van der Waals surface area contributed by atoms with Crippen LogP contribution in [0.15, 0.2) is 0 Å². The Balaban J connectivity index is 2.54. The fourth-order valence-corrected chi connectivity index (χ4v) is 1.83. The SMILES string of the molecule is CC1CCCN(CC(N)C(C)(C)C)C1=O. The summed E-state index contributed by atoms with van der Waals surface area (Å²) in [5, 5.41) is 0. The van der Waals surface area contributed by atoms with E-state index in [9.17, 15) is 4.79 Å². The third-order valence-corrected chi connectivity index (χ3v) is 3.33. The fraction of sp³-hybridized carbons (Fsp3) is 0.917. The van der Waals surface area contributed by atoms with Crippen molar-refractivity contribution in [2.75, 3.05) is 13.1 Å². The van der Waals surface area contributed by atoms with Crippen LogP contribution in [0.5, 0.6) is 0 Å². The van der Waals surface area contributed by atoms with Gasteiger partial charge in [-0.25, -0.2) is 0 Å². The summed E-state index contributed by atoms with van der Waals surface area (Å²) in [6.45, 7) is 9.96. The summed E-state index contributed by atoms with van der Waals surface area (Å²) in [4.78, 5) is 13.8. The molecule has 2 unspecified atom stereocenters. The predicted octanol–water partition coefficient (Wildman–Crippen LogP) is 1.62. The van der Waals surface area contributed by atoms with E-state index < -0.39 is 0 Å². The smallest absolute Gasteiger partial charge is 0.225 e. The van der Waals surface area contributed by atoms with E-state index in [1.54, 1.807) is 0 Å². The summed E-state index contributed by atoms with van der Waals surface area (Å²) in [7, 11) is 0. The van der Waals surface area contributed by atoms with E-state index in [-0.39, 0.29) is 23.3 Å². The highest BCUT2D eigenvalue weighted by atomic mass is 16.2. The molecule has 3 heteroatoms. The second kappa shape index (κ2) is 4.52. The van der Waals surface area contributed by atoms with Gasteiger partial charge >= 0.3 is 0 Å². The molecule has 1 fully saturated rings. The number of rotatable bonds is 2. The van der Waals surface area contributed by atoms with Crippen molar-refractivity contribution >= 4 is 5.91 Å². The highest BCUT2D eigenvalue weighted by Crippen LogP contribution is 2.22. The predicted molar refractivity (Wildman–Crippen MR) is 62.4 cm³/mol. The van der Waals surface area contributed by atoms with Crippen LogP contribution in [-0.4, -0.2) is 29.9 Å². The summed E-state index contributed by atoms with van der Waals surface area (Å²) in [6, 6.07) is 0.0618. The van der Waals surface area contributed by atoms with E-state index in [0.29, 0.717) is 6.54 Å². The Labute approximate surface area is 93.0 Å². The fourth-order valence-electron chi connectivity index (χ4n) is 1.83. The lowest BCUT2D eigenvalue weighted by atomic mass is 9.86. The summed E-state index contributed by atoms with van der Waals surface area (Å²) in [5.41, 5.74) is 6.17. The molecule has 0 saturated carbocycles. The first-order valence-corrected chi connectivity index (χ1v) is 5.86. The Hall–Kier alpha value is -0.570. The summed E-state index contributed by atoms with van der Waals surface area (Å²) in [5.74, 6) is 0.465. The van der Waals surface area contributed by atoms with Crippen LogP contribution >= 0.6 is 0 Å². The van der Waals surface area contributed by atoms with Crippen molar-refractivity contribution in [2.24, 2.45) is 17.1 Å². The maximum Gasteiger partial charge on any atom is 0.225 e. The molecule has 0 aromatic carbocycles. The molecule has 0 radical (unpaired) electrons. The van der Waals surface area contributed by atoms with Gasteiger partial charge in [0.1, 0.15) is 0 Å². The topological polar surface area (TPSA) is 46.3 Å². The molecule has 88 valence electrons. The minimum absolute atomic E-state index is 0.0618. The van der Waals surface area contributed by atoms with Crippen molar-refractivity contribution in [3.8, 4) is 0 Å². The molecule has 1 heterocycles. The molecule has 2 N–H and O–H groups in total. The molecule has 1 amide bonds. The number of likely N-dealkylation sites (tertiary alicyclic amines) is 1. The van der Waals surface area contributed by atoms with E-state index in [0.717, 1.165) is 19.4 Å². The van der Waals surface area contributed by atoms with Crippen molar-refractivity contribution in [2.45, 2.75) is 46.6 Å². The van der Waals surface area contributed by atoms with Gasteiger partial charge in [-0.15, -0.1) is 0 Å². The molecule has 1 aliphatic rings. The van der Waals surface area contributed by atoms with Gasteiger partial charge in [-0.2, -0.15) is 0 Å². The Kier molecular flexibility index (Phi) is 3.77. The normalized spacial score (nSPS) is 25.5. The van der Waals surface area contributed by atoms with E-state index in [1.807, 2.05) is 11.8 Å². The van der Waals surface area contributed by atoms with Crippen LogP contribution in [0.4, 0.5) is 0 Å². The van der Waals surface area contributed by atoms with Crippen LogP contribution in [0.1, 0.15) is 40.5 Å². The number of carbonyl (C=O) groups excluding carboxylic acids is 1. The quantitative estimate of drug-likeness (QED) is 0.756. The van der Waals surface area contributed by atoms with Gasteiger partial charge in [-0.3, -0.25) is 4.79 Å². The Bertz CT molecular complexity index is 232. The monoisotopic (exact) mass is 212 g/mol. The van der Waals surface area contributed by atoms with E-state index in [4.69, 9.17) is 5.73 Å². The second-order valence-corrected chi connectivity index (χ2v) is 5.80. The summed E-state index contributed by atoms with van der Waals surface area (Å²) in [6.07, 6.45) is 2.14. The molecule has 1 aliphatic heterocycles. The minimum Gasteiger partial charge on any atom is -0.341 e. The molecular weight excluding hydrogens is 188 g/mol. The zero-order valence-electron chi connectivity index (χ0n) is 10.4. The number of amides is 1. The zero-order valence-corrected chi connectivity index (χ0v) is 10.4. The van der Waals surface area contributed by atoms with E-state index >= 15 is 0 Å². The molecule has 0 aliphatic carbocycles. The molecule has 0 spiro atoms. The van der Waals surface area contributed by atoms with Crippen LogP contribution in [0, 0.1) is 11.3 Å². The molecule has 0 aromatic heterocycles. The van der Waals surface area contributed by atoms with Crippen LogP contribution in [0.2, 0.25) is 0 Å². The highest BCUT2D eigenvalue weighted by molar-refractivity contribution is 5.79. The molecule has 0 aromatic rings. The van der Waals surface area contributed by atoms with E-state index in [1.165, 1.54) is 0 Å². The van der Waals surface area contributed by atoms with Crippen LogP contribution in [-0.2, 0) is 4.79 Å². The van der Waals surface area contributed by atoms with Gasteiger partial charge in [0.05, 0.1) is 0 Å². The standard InChI is InChI=1S/C12H24N2O/c1-9-6-5-7-14(11(9)15)8-10(13)12(2,3)4/h9-10H,5-8,13H2,1-4H3. The van der Waals surface area contributed by atoms with Crippen LogP contribution < -0.4 is 5.73 Å². The van der Waals surface area contributed by atoms with Crippen LogP contribution in [0.25, 0.3) is 0 Å². The van der Waals surface area contributed by atoms with Crippen LogP contribution in [0.3, 0.4) is 0 Å². The number of nitrogens with zero attached hydrogens (tertiary/aromatic N) is 1. The zero-order chi connectivity index (χ0) is 11.6. The first-order chi connectivity index (χ1) is 6.82. The maximum absolute atomic E-state index is 11.9. The average molecular weight is 212 g/mol. The number of nitrogens with two attached hydrogens (primary N) is 1. The van der Waals surface area contributed by atoms with Crippen molar-refractivity contribution in [3.05, 3.63) is 0 Å². The average Bonchev–Trinajstić information content (AvgIpc) is 2.11. The van der Waals surface area contributed by atoms with Crippen molar-refractivity contribution in [3.63, 3.8) is 0 Å². The maximum atomic E-state index is 11.9. The van der Waals surface area contributed by atoms with Crippen molar-refractivity contribution in [1.29, 1.82) is 0 Å². The lowest BCUT2D eigenvalue weighted by Crippen LogP contribution is -2.50. The number of carbonyl (C=O) groups is 1. The number of hydrogen-bond acceptors (Lipinski definition) is 2. The van der Waals surface area contributed by atoms with Crippen molar-refractivity contribution < 1.29 is 4.79 Å². The van der Waals surface area contributed by atoms with Gasteiger partial charge in [0, 0.05) is 25.0 Å². The molecule has 1 rings (SSSR count). The summed E-state index contributed by atoms with van der Waals surface area (Å²) < 4.78 is 0. The lowest BCUT2D eigenvalue weighted by Gasteiger charge is -2.36. The first kappa shape index (κ1) is 12.5. The first-order valence-electron chi connectivity index (χ1n) is 5.86. The molecule has 15 heavy (non-hydrogen) atoms. The Morgan fingerprint density at radius 3 is 2.67 bits per heavy atom. The second-order valence-electron chi connectivity index (χ2n) is 5.80. The molecule has 0 bridgehead atoms. The largest absolute Gasteiger partial charge is 0.341 e.